The van der Waals surface area contributed by atoms with Gasteiger partial charge in [0.1, 0.15) is 22.8 Å². The van der Waals surface area contributed by atoms with Gasteiger partial charge in [0.25, 0.3) is 0 Å². The third kappa shape index (κ3) is 12.0. The highest BCUT2D eigenvalue weighted by atomic mass is 16.6. The Kier molecular flexibility index (Phi) is 9.68. The average Bonchev–Trinajstić information content (AvgIpc) is 2.47. The summed E-state index contributed by atoms with van der Waals surface area (Å²) in [5, 5.41) is 8.75. The molecule has 0 heterocycles. The Morgan fingerprint density at radius 1 is 0.742 bits per heavy atom. The molecule has 0 spiro atoms. The van der Waals surface area contributed by atoms with Gasteiger partial charge in [-0.15, -0.1) is 0 Å². The normalized spacial score (nSPS) is 13.1. The third-order valence-corrected chi connectivity index (χ3v) is 3.29. The molecule has 0 bridgehead atoms. The molecule has 0 unspecified atom stereocenters. The molecule has 0 fully saturated rings. The highest BCUT2D eigenvalue weighted by Crippen LogP contribution is 2.22. The molecule has 10 nitrogen and oxygen atoms in total. The molecular formula is C21H35NO9. The van der Waals surface area contributed by atoms with Gasteiger partial charge < -0.3 is 19.3 Å². The number of hydrogen-bond acceptors (Lipinski definition) is 8. The number of imide groups is 1. The molecule has 0 aromatic carbocycles. The Labute approximate surface area is 183 Å². The lowest BCUT2D eigenvalue weighted by Crippen LogP contribution is -2.53. The lowest BCUT2D eigenvalue weighted by molar-refractivity contribution is -0.161. The monoisotopic (exact) mass is 445 g/mol. The predicted octanol–water partition coefficient (Wildman–Crippen LogP) is 3.69. The largest absolute Gasteiger partial charge is 0.476 e. The highest BCUT2D eigenvalue weighted by molar-refractivity contribution is 6.32. The molecule has 0 aliphatic rings. The average molecular weight is 446 g/mol. The Balaban J connectivity index is 6.04. The van der Waals surface area contributed by atoms with Crippen LogP contribution in [0.2, 0.25) is 0 Å². The molecule has 31 heavy (non-hydrogen) atoms. The molecule has 0 aromatic rings. The number of carboxylic acids is 1. The van der Waals surface area contributed by atoms with Crippen molar-refractivity contribution in [1.29, 1.82) is 0 Å². The number of ketones is 1. The van der Waals surface area contributed by atoms with Crippen molar-refractivity contribution in [3.8, 4) is 0 Å². The molecule has 1 atom stereocenters. The molecule has 0 aliphatic heterocycles. The Morgan fingerprint density at radius 3 is 1.45 bits per heavy atom. The van der Waals surface area contributed by atoms with Gasteiger partial charge in [-0.25, -0.2) is 19.2 Å². The van der Waals surface area contributed by atoms with Gasteiger partial charge in [-0.05, 0) is 75.2 Å². The number of carbonyl (C=O) groups is 5. The van der Waals surface area contributed by atoms with E-state index in [0.717, 1.165) is 0 Å². The molecule has 0 saturated carbocycles. The number of carboxylic acid groups (broad SMARTS) is 1. The van der Waals surface area contributed by atoms with Crippen LogP contribution >= 0.6 is 0 Å². The van der Waals surface area contributed by atoms with E-state index in [2.05, 4.69) is 0 Å². The highest BCUT2D eigenvalue weighted by Gasteiger charge is 2.42. The molecule has 0 radical (unpaired) electrons. The summed E-state index contributed by atoms with van der Waals surface area (Å²) >= 11 is 0. The van der Waals surface area contributed by atoms with Gasteiger partial charge in [-0.1, -0.05) is 0 Å². The molecule has 0 saturated heterocycles. The van der Waals surface area contributed by atoms with Crippen molar-refractivity contribution in [3.63, 3.8) is 0 Å². The van der Waals surface area contributed by atoms with Crippen molar-refractivity contribution in [2.75, 3.05) is 0 Å². The van der Waals surface area contributed by atoms with Gasteiger partial charge in [0.05, 0.1) is 0 Å². The maximum atomic E-state index is 12.9. The quantitative estimate of drug-likeness (QED) is 0.353. The van der Waals surface area contributed by atoms with Crippen molar-refractivity contribution in [1.82, 2.24) is 4.90 Å². The smallest absolute Gasteiger partial charge is 0.420 e. The fraction of sp³-hybridized carbons (Fsp3) is 0.762. The van der Waals surface area contributed by atoms with E-state index in [0.29, 0.717) is 4.90 Å². The standard InChI is InChI=1S/C21H35NO9/c1-19(2,3)29-16(26)13(11-10-12-14(23)15(24)25)22(17(27)30-20(4,5)6)18(28)31-21(7,8)9/h13H,10-12H2,1-9H3,(H,24,25)/t13-/m0/s1. The predicted molar refractivity (Wildman–Crippen MR) is 110 cm³/mol. The second-order valence-electron chi connectivity index (χ2n) is 10.0. The van der Waals surface area contributed by atoms with E-state index in [1.807, 2.05) is 0 Å². The topological polar surface area (TPSA) is 137 Å². The number of ether oxygens (including phenoxy) is 3. The molecule has 1 N–H and O–H groups in total. The number of esters is 1. The van der Waals surface area contributed by atoms with Gasteiger partial charge in [-0.3, -0.25) is 4.79 Å². The van der Waals surface area contributed by atoms with E-state index in [4.69, 9.17) is 19.3 Å². The van der Waals surface area contributed by atoms with Crippen LogP contribution in [0.5, 0.6) is 0 Å². The first-order valence-corrected chi connectivity index (χ1v) is 9.97. The van der Waals surface area contributed by atoms with E-state index in [9.17, 15) is 24.0 Å². The summed E-state index contributed by atoms with van der Waals surface area (Å²) in [6, 6.07) is -1.48. The van der Waals surface area contributed by atoms with Crippen LogP contribution in [-0.2, 0) is 28.6 Å². The van der Waals surface area contributed by atoms with E-state index >= 15 is 0 Å². The van der Waals surface area contributed by atoms with Gasteiger partial charge in [0, 0.05) is 6.42 Å². The van der Waals surface area contributed by atoms with Crippen molar-refractivity contribution in [3.05, 3.63) is 0 Å². The SMILES string of the molecule is CC(C)(C)OC(=O)[C@H](CCCC(=O)C(=O)O)N(C(=O)OC(C)(C)C)C(=O)OC(C)(C)C. The first kappa shape index (κ1) is 28.4. The van der Waals surface area contributed by atoms with Crippen molar-refractivity contribution in [2.24, 2.45) is 0 Å². The van der Waals surface area contributed by atoms with Gasteiger partial charge in [-0.2, -0.15) is 4.90 Å². The number of Topliss-reactive ketones (excluding diaryl/α,β-unsaturated/α-hetero) is 1. The van der Waals surface area contributed by atoms with Crippen LogP contribution in [0.1, 0.15) is 81.6 Å². The first-order chi connectivity index (χ1) is 13.7. The van der Waals surface area contributed by atoms with Gasteiger partial charge >= 0.3 is 24.1 Å². The van der Waals surface area contributed by atoms with Crippen LogP contribution < -0.4 is 0 Å². The van der Waals surface area contributed by atoms with E-state index in [-0.39, 0.29) is 19.3 Å². The third-order valence-electron chi connectivity index (χ3n) is 3.29. The summed E-state index contributed by atoms with van der Waals surface area (Å²) in [4.78, 5) is 61.3. The van der Waals surface area contributed by atoms with Crippen LogP contribution in [0.15, 0.2) is 0 Å². The van der Waals surface area contributed by atoms with Gasteiger partial charge in [0.15, 0.2) is 0 Å². The van der Waals surface area contributed by atoms with E-state index in [1.54, 1.807) is 62.3 Å². The first-order valence-electron chi connectivity index (χ1n) is 9.97. The molecule has 178 valence electrons. The lowest BCUT2D eigenvalue weighted by atomic mass is 10.1. The summed E-state index contributed by atoms with van der Waals surface area (Å²) in [5.41, 5.74) is -2.88. The van der Waals surface area contributed by atoms with Crippen LogP contribution in [0.3, 0.4) is 0 Å². The van der Waals surface area contributed by atoms with Gasteiger partial charge in [0.2, 0.25) is 5.78 Å². The maximum absolute atomic E-state index is 12.9. The fourth-order valence-corrected chi connectivity index (χ4v) is 2.24. The fourth-order valence-electron chi connectivity index (χ4n) is 2.24. The van der Waals surface area contributed by atoms with Crippen LogP contribution in [0, 0.1) is 0 Å². The second kappa shape index (κ2) is 10.6. The molecule has 0 aliphatic carbocycles. The molecule has 0 aromatic heterocycles. The number of rotatable bonds is 7. The molecule has 0 rings (SSSR count). The Morgan fingerprint density at radius 2 is 1.13 bits per heavy atom. The number of amides is 2. The van der Waals surface area contributed by atoms with E-state index < -0.39 is 52.8 Å². The minimum Gasteiger partial charge on any atom is -0.476 e. The number of aliphatic carboxylic acids is 1. The van der Waals surface area contributed by atoms with Crippen LogP contribution in [0.25, 0.3) is 0 Å². The molecule has 10 heteroatoms. The minimum atomic E-state index is -1.61. The molecular weight excluding hydrogens is 410 g/mol. The van der Waals surface area contributed by atoms with Crippen molar-refractivity contribution >= 4 is 29.9 Å². The van der Waals surface area contributed by atoms with Crippen LogP contribution in [-0.4, -0.2) is 62.8 Å². The maximum Gasteiger partial charge on any atom is 0.420 e. The zero-order chi connectivity index (χ0) is 24.8. The second-order valence-corrected chi connectivity index (χ2v) is 10.0. The van der Waals surface area contributed by atoms with Crippen LogP contribution in [0.4, 0.5) is 9.59 Å². The zero-order valence-corrected chi connectivity index (χ0v) is 19.9. The lowest BCUT2D eigenvalue weighted by Gasteiger charge is -2.33. The Bertz CT molecular complexity index is 665. The molecule has 2 amide bonds. The number of nitrogens with zero attached hydrogens (tertiary/aromatic N) is 1. The Hall–Kier alpha value is -2.65. The zero-order valence-electron chi connectivity index (χ0n) is 19.9. The number of hydrogen-bond donors (Lipinski definition) is 1. The van der Waals surface area contributed by atoms with Crippen molar-refractivity contribution in [2.45, 2.75) is 104 Å². The van der Waals surface area contributed by atoms with Crippen molar-refractivity contribution < 1.29 is 43.3 Å². The summed E-state index contributed by atoms with van der Waals surface area (Å²) < 4.78 is 15.9. The minimum absolute atomic E-state index is 0.0862. The number of carbonyl (C=O) groups excluding carboxylic acids is 4. The van der Waals surface area contributed by atoms with E-state index in [1.165, 1.54) is 0 Å². The summed E-state index contributed by atoms with van der Waals surface area (Å²) in [7, 11) is 0. The summed E-state index contributed by atoms with van der Waals surface area (Å²) in [5.74, 6) is -3.57. The summed E-state index contributed by atoms with van der Waals surface area (Å²) in [6.45, 7) is 14.4. The summed E-state index contributed by atoms with van der Waals surface area (Å²) in [6.07, 6.45) is -2.93.